The molecule has 5 heteroatoms. The summed E-state index contributed by atoms with van der Waals surface area (Å²) in [4.78, 5) is 9.44. The van der Waals surface area contributed by atoms with Crippen molar-refractivity contribution < 1.29 is 35.5 Å². The van der Waals surface area contributed by atoms with Gasteiger partial charge in [0.1, 0.15) is 5.58 Å². The molecule has 3 heterocycles. The number of pyridine rings is 1. The first-order valence-electron chi connectivity index (χ1n) is 25.1. The fourth-order valence-electron chi connectivity index (χ4n) is 8.01. The molecule has 0 amide bonds. The molecule has 0 spiro atoms. The van der Waals surface area contributed by atoms with Crippen molar-refractivity contribution >= 4 is 33.0 Å². The van der Waals surface area contributed by atoms with Crippen molar-refractivity contribution in [1.29, 1.82) is 0 Å². The summed E-state index contributed by atoms with van der Waals surface area (Å²) in [7, 11) is 0. The Hall–Kier alpha value is -5.61. The van der Waals surface area contributed by atoms with Gasteiger partial charge in [0.05, 0.1) is 22.4 Å². The topological polar surface area (TPSA) is 43.9 Å². The van der Waals surface area contributed by atoms with Gasteiger partial charge in [0.2, 0.25) is 0 Å². The summed E-state index contributed by atoms with van der Waals surface area (Å²) < 4.78 is 71.4. The van der Waals surface area contributed by atoms with Crippen LogP contribution in [0.25, 0.3) is 72.4 Å². The van der Waals surface area contributed by atoms with Gasteiger partial charge in [0, 0.05) is 48.3 Å². The summed E-state index contributed by atoms with van der Waals surface area (Å²) in [5.74, 6) is 1.85. The van der Waals surface area contributed by atoms with E-state index in [4.69, 9.17) is 20.4 Å². The van der Waals surface area contributed by atoms with Crippen LogP contribution in [0.1, 0.15) is 87.2 Å². The number of imidazole rings is 1. The fraction of sp³-hybridized carbons (Fsp3) is 0.263. The SMILES string of the molecule is CC(C)Cc1cc(-c2ccccc2)cc(CC(C)C)c1-n1c(-c2[c-]ccc3c2oc2ccccc23)nc2ccccc21.[2H]C([2H])([2H])c1c[c-]c(-c2cc(C([2H])([2H])C(C)(C)C)c(C([2H])([2H])[2H])cn2)cc1.[Ir]. The fourth-order valence-corrected chi connectivity index (χ4v) is 8.01. The molecule has 0 saturated heterocycles. The van der Waals surface area contributed by atoms with Crippen molar-refractivity contribution in [2.45, 2.75) is 81.4 Å². The van der Waals surface area contributed by atoms with Crippen LogP contribution in [0.4, 0.5) is 0 Å². The first-order chi connectivity index (χ1) is 32.5. The summed E-state index contributed by atoms with van der Waals surface area (Å²) in [6.07, 6.45) is 1.18. The molecule has 0 aliphatic carbocycles. The summed E-state index contributed by atoms with van der Waals surface area (Å²) in [6.45, 7) is 9.56. The summed E-state index contributed by atoms with van der Waals surface area (Å²) in [5, 5.41) is 2.20. The van der Waals surface area contributed by atoms with Gasteiger partial charge in [0.25, 0.3) is 0 Å². The van der Waals surface area contributed by atoms with Crippen molar-refractivity contribution in [3.05, 3.63) is 174 Å². The Morgan fingerprint density at radius 1 is 0.742 bits per heavy atom. The third-order valence-corrected chi connectivity index (χ3v) is 10.5. The molecule has 0 N–H and O–H groups in total. The summed E-state index contributed by atoms with van der Waals surface area (Å²) in [6, 6.07) is 48.5. The molecule has 0 fully saturated rings. The van der Waals surface area contributed by atoms with E-state index in [1.54, 1.807) is 20.8 Å². The van der Waals surface area contributed by atoms with Gasteiger partial charge >= 0.3 is 0 Å². The van der Waals surface area contributed by atoms with Gasteiger partial charge in [-0.15, -0.1) is 53.6 Å². The second-order valence-electron chi connectivity index (χ2n) is 17.6. The van der Waals surface area contributed by atoms with Crippen LogP contribution < -0.4 is 0 Å². The van der Waals surface area contributed by atoms with E-state index < -0.39 is 25.5 Å². The number of fused-ring (bicyclic) bond motifs is 4. The largest absolute Gasteiger partial charge is 0.501 e. The van der Waals surface area contributed by atoms with E-state index >= 15 is 0 Å². The Bertz CT molecular complexity index is 3240. The molecule has 0 saturated carbocycles. The minimum absolute atomic E-state index is 0. The zero-order chi connectivity index (χ0) is 49.6. The van der Waals surface area contributed by atoms with E-state index in [0.717, 1.165) is 57.2 Å². The maximum absolute atomic E-state index is 8.52. The summed E-state index contributed by atoms with van der Waals surface area (Å²) in [5.41, 5.74) is 11.1. The van der Waals surface area contributed by atoms with Gasteiger partial charge in [0.15, 0.2) is 0 Å². The van der Waals surface area contributed by atoms with Crippen LogP contribution in [0.5, 0.6) is 0 Å². The van der Waals surface area contributed by atoms with Crippen LogP contribution in [-0.4, -0.2) is 14.5 Å². The molecule has 0 aliphatic heterocycles. The van der Waals surface area contributed by atoms with E-state index in [2.05, 4.69) is 134 Å². The Labute approximate surface area is 393 Å². The molecule has 9 aromatic rings. The number of para-hydroxylation sites is 3. The maximum atomic E-state index is 8.52. The van der Waals surface area contributed by atoms with Crippen molar-refractivity contribution in [2.75, 3.05) is 0 Å². The van der Waals surface area contributed by atoms with Gasteiger partial charge in [-0.2, -0.15) is 0 Å². The van der Waals surface area contributed by atoms with Crippen molar-refractivity contribution in [3.63, 3.8) is 0 Å². The third-order valence-electron chi connectivity index (χ3n) is 10.5. The van der Waals surface area contributed by atoms with Crippen molar-refractivity contribution in [3.8, 4) is 39.5 Å². The standard InChI is InChI=1S/C39H35N2O.C18H22N.Ir/c1-25(2)21-29-23-28(27-13-6-5-7-14-27)24-30(22-26(3)4)37(29)41-35-19-10-9-18-34(35)40-39(41)33-17-12-16-32-31-15-8-11-20-36(31)42-38(32)33;1-13-6-8-15(9-7-13)17-10-16(11-18(3,4)5)14(2)12-19-17;/h5-16,18-20,23-26H,21-22H2,1-4H3;6-8,10,12H,11H2,1-5H3;/q2*-1;/i;1D3,2D3,11D2;. The molecule has 317 valence electrons. The predicted octanol–water partition coefficient (Wildman–Crippen LogP) is 15.2. The van der Waals surface area contributed by atoms with Crippen LogP contribution in [0, 0.1) is 43.1 Å². The van der Waals surface area contributed by atoms with Crippen LogP contribution in [-0.2, 0) is 39.3 Å². The smallest absolute Gasteiger partial charge is 0.120 e. The minimum Gasteiger partial charge on any atom is -0.501 e. The molecule has 9 rings (SSSR count). The number of rotatable bonds is 9. The second-order valence-corrected chi connectivity index (χ2v) is 17.6. The molecule has 0 bridgehead atoms. The normalized spacial score (nSPS) is 14.2. The zero-order valence-electron chi connectivity index (χ0n) is 44.4. The zero-order valence-corrected chi connectivity index (χ0v) is 38.7. The number of hydrogen-bond donors (Lipinski definition) is 0. The number of aromatic nitrogens is 3. The number of furan rings is 1. The van der Waals surface area contributed by atoms with E-state index in [-0.39, 0.29) is 36.8 Å². The van der Waals surface area contributed by atoms with Crippen LogP contribution >= 0.6 is 0 Å². The van der Waals surface area contributed by atoms with Gasteiger partial charge in [-0.3, -0.25) is 4.98 Å². The van der Waals surface area contributed by atoms with Gasteiger partial charge < -0.3 is 14.0 Å². The molecule has 3 aromatic heterocycles. The van der Waals surface area contributed by atoms with E-state index in [1.165, 1.54) is 58.4 Å². The Balaban J connectivity index is 0.000000225. The molecule has 4 nitrogen and oxygen atoms in total. The second kappa shape index (κ2) is 18.8. The van der Waals surface area contributed by atoms with Gasteiger partial charge in [-0.25, -0.2) is 0 Å². The molecular weight excluding hydrogens is 935 g/mol. The van der Waals surface area contributed by atoms with Crippen molar-refractivity contribution in [2.24, 2.45) is 17.3 Å². The van der Waals surface area contributed by atoms with E-state index in [1.807, 2.05) is 18.2 Å². The quantitative estimate of drug-likeness (QED) is 0.135. The first kappa shape index (κ1) is 34.9. The van der Waals surface area contributed by atoms with Crippen LogP contribution in [0.3, 0.4) is 0 Å². The molecular formula is C57H57IrN3O-2. The Morgan fingerprint density at radius 2 is 1.45 bits per heavy atom. The monoisotopic (exact) mass is 1000 g/mol. The number of hydrogen-bond acceptors (Lipinski definition) is 3. The van der Waals surface area contributed by atoms with E-state index in [9.17, 15) is 0 Å². The number of benzene rings is 6. The van der Waals surface area contributed by atoms with Gasteiger partial charge in [-0.1, -0.05) is 139 Å². The molecule has 0 aliphatic rings. The first-order valence-corrected chi connectivity index (χ1v) is 21.1. The molecule has 6 aromatic carbocycles. The van der Waals surface area contributed by atoms with Crippen LogP contribution in [0.15, 0.2) is 138 Å². The minimum atomic E-state index is -2.51. The number of aryl methyl sites for hydroxylation is 2. The Kier molecular flexibility index (Phi) is 10.6. The maximum Gasteiger partial charge on any atom is 0.120 e. The summed E-state index contributed by atoms with van der Waals surface area (Å²) >= 11 is 0. The third kappa shape index (κ3) is 9.71. The average Bonchev–Trinajstić information content (AvgIpc) is 3.87. The molecule has 1 radical (unpaired) electrons. The van der Waals surface area contributed by atoms with E-state index in [0.29, 0.717) is 23.1 Å². The van der Waals surface area contributed by atoms with Crippen molar-refractivity contribution in [1.82, 2.24) is 14.5 Å². The molecule has 0 unspecified atom stereocenters. The number of nitrogens with zero attached hydrogens (tertiary/aromatic N) is 3. The molecule has 0 atom stereocenters. The van der Waals surface area contributed by atoms with Crippen LogP contribution in [0.2, 0.25) is 0 Å². The Morgan fingerprint density at radius 3 is 2.13 bits per heavy atom. The predicted molar refractivity (Wildman–Crippen MR) is 256 cm³/mol. The average molecular weight is 1000 g/mol. The molecule has 62 heavy (non-hydrogen) atoms. The van der Waals surface area contributed by atoms with Gasteiger partial charge in [-0.05, 0) is 107 Å².